The molecule has 1 fully saturated rings. The maximum atomic E-state index is 10.9. The molecule has 1 aromatic rings. The van der Waals surface area contributed by atoms with Gasteiger partial charge in [-0.15, -0.1) is 0 Å². The number of primary amides is 1. The summed E-state index contributed by atoms with van der Waals surface area (Å²) in [6.07, 6.45) is 2.58. The van der Waals surface area contributed by atoms with Crippen LogP contribution in [0.5, 0.6) is 5.75 Å². The highest BCUT2D eigenvalue weighted by molar-refractivity contribution is 7.82. The van der Waals surface area contributed by atoms with Crippen LogP contribution in [0, 0.1) is 0 Å². The Bertz CT molecular complexity index is 418. The fourth-order valence-electron chi connectivity index (χ4n) is 2.11. The molecule has 0 unspecified atom stereocenters. The van der Waals surface area contributed by atoms with Gasteiger partial charge >= 0.3 is 6.03 Å². The van der Waals surface area contributed by atoms with E-state index in [4.69, 9.17) is 10.5 Å². The van der Waals surface area contributed by atoms with Crippen molar-refractivity contribution < 1.29 is 9.53 Å². The van der Waals surface area contributed by atoms with Gasteiger partial charge < -0.3 is 10.5 Å². The molecule has 5 nitrogen and oxygen atoms in total. The van der Waals surface area contributed by atoms with E-state index in [1.165, 1.54) is 25.9 Å². The van der Waals surface area contributed by atoms with E-state index < -0.39 is 6.03 Å². The van der Waals surface area contributed by atoms with Crippen molar-refractivity contribution in [2.45, 2.75) is 12.8 Å². The zero-order valence-corrected chi connectivity index (χ0v) is 11.7. The fourth-order valence-corrected chi connectivity index (χ4v) is 2.24. The van der Waals surface area contributed by atoms with Gasteiger partial charge in [0, 0.05) is 6.54 Å². The molecular weight excluding hydrogens is 262 g/mol. The molecule has 0 saturated carbocycles. The first-order chi connectivity index (χ1) is 9.16. The van der Waals surface area contributed by atoms with E-state index in [0.29, 0.717) is 12.3 Å². The molecule has 1 aliphatic heterocycles. The van der Waals surface area contributed by atoms with Gasteiger partial charge in [-0.25, -0.2) is 9.10 Å². The zero-order valence-electron chi connectivity index (χ0n) is 10.8. The smallest absolute Gasteiger partial charge is 0.329 e. The largest absolute Gasteiger partial charge is 0.492 e. The zero-order chi connectivity index (χ0) is 13.7. The predicted octanol–water partition coefficient (Wildman–Crippen LogP) is 1.89. The monoisotopic (exact) mass is 281 g/mol. The van der Waals surface area contributed by atoms with Gasteiger partial charge in [0.1, 0.15) is 12.4 Å². The molecule has 2 N–H and O–H groups in total. The quantitative estimate of drug-likeness (QED) is 0.810. The lowest BCUT2D eigenvalue weighted by atomic mass is 10.3. The normalized spacial score (nSPS) is 15.4. The van der Waals surface area contributed by atoms with Gasteiger partial charge in [-0.3, -0.25) is 4.90 Å². The van der Waals surface area contributed by atoms with Gasteiger partial charge in [0.25, 0.3) is 0 Å². The number of thiol groups is 1. The van der Waals surface area contributed by atoms with Crippen molar-refractivity contribution in [3.8, 4) is 5.75 Å². The molecule has 0 spiro atoms. The highest BCUT2D eigenvalue weighted by atomic mass is 32.1. The molecule has 1 aliphatic rings. The molecule has 2 rings (SSSR count). The van der Waals surface area contributed by atoms with Crippen LogP contribution in [0.15, 0.2) is 24.3 Å². The predicted molar refractivity (Wildman–Crippen MR) is 78.7 cm³/mol. The van der Waals surface area contributed by atoms with E-state index in [0.717, 1.165) is 16.6 Å². The summed E-state index contributed by atoms with van der Waals surface area (Å²) in [6.45, 7) is 3.99. The van der Waals surface area contributed by atoms with Gasteiger partial charge in [0.05, 0.1) is 5.69 Å². The maximum Gasteiger partial charge on any atom is 0.329 e. The van der Waals surface area contributed by atoms with Crippen LogP contribution in [0.3, 0.4) is 0 Å². The Morgan fingerprint density at radius 2 is 1.95 bits per heavy atom. The van der Waals surface area contributed by atoms with Crippen LogP contribution in [0.2, 0.25) is 0 Å². The van der Waals surface area contributed by atoms with Gasteiger partial charge in [-0.05, 0) is 50.2 Å². The average Bonchev–Trinajstić information content (AvgIpc) is 2.92. The number of hydrogen-bond acceptors (Lipinski definition) is 4. The highest BCUT2D eigenvalue weighted by Gasteiger charge is 2.11. The maximum absolute atomic E-state index is 10.9. The number of hydrogen-bond donors (Lipinski definition) is 2. The molecular formula is C13H19N3O2S. The second-order valence-electron chi connectivity index (χ2n) is 4.54. The minimum absolute atomic E-state index is 0.606. The van der Waals surface area contributed by atoms with Gasteiger partial charge in [0.15, 0.2) is 0 Å². The third kappa shape index (κ3) is 4.04. The number of anilines is 1. The summed E-state index contributed by atoms with van der Waals surface area (Å²) >= 11 is 3.99. The van der Waals surface area contributed by atoms with Crippen LogP contribution in [-0.2, 0) is 0 Å². The topological polar surface area (TPSA) is 58.8 Å². The van der Waals surface area contributed by atoms with Crippen LogP contribution in [-0.4, -0.2) is 37.2 Å². The summed E-state index contributed by atoms with van der Waals surface area (Å²) in [5.41, 5.74) is 5.76. The lowest BCUT2D eigenvalue weighted by Crippen LogP contribution is -2.27. The summed E-state index contributed by atoms with van der Waals surface area (Å²) in [5, 5.41) is 0. The molecule has 1 heterocycles. The SMILES string of the molecule is NC(=O)N(S)c1ccc(OCCN2CCCC2)cc1. The van der Waals surface area contributed by atoms with Crippen LogP contribution in [0.25, 0.3) is 0 Å². The fraction of sp³-hybridized carbons (Fsp3) is 0.462. The third-order valence-electron chi connectivity index (χ3n) is 3.16. The second kappa shape index (κ2) is 6.68. The van der Waals surface area contributed by atoms with Crippen molar-refractivity contribution in [2.24, 2.45) is 5.73 Å². The number of nitrogens with zero attached hydrogens (tertiary/aromatic N) is 2. The number of nitrogens with two attached hydrogens (primary N) is 1. The number of carbonyl (C=O) groups is 1. The number of likely N-dealkylation sites (tertiary alicyclic amines) is 1. The summed E-state index contributed by atoms with van der Waals surface area (Å²) in [6, 6.07) is 6.52. The highest BCUT2D eigenvalue weighted by Crippen LogP contribution is 2.20. The first-order valence-electron chi connectivity index (χ1n) is 6.40. The first-order valence-corrected chi connectivity index (χ1v) is 6.80. The van der Waals surface area contributed by atoms with Gasteiger partial charge in [0.2, 0.25) is 0 Å². The average molecular weight is 281 g/mol. The Labute approximate surface area is 118 Å². The molecule has 0 atom stereocenters. The van der Waals surface area contributed by atoms with E-state index >= 15 is 0 Å². The Balaban J connectivity index is 1.79. The number of urea groups is 1. The summed E-state index contributed by atoms with van der Waals surface area (Å²) in [7, 11) is 0. The Morgan fingerprint density at radius 1 is 1.32 bits per heavy atom. The standard InChI is InChI=1S/C13H19N3O2S/c14-13(17)16(19)11-3-5-12(6-4-11)18-10-9-15-7-1-2-8-15/h3-6,19H,1-2,7-10H2,(H2,14,17). The van der Waals surface area contributed by atoms with E-state index in [1.54, 1.807) is 12.1 Å². The molecule has 19 heavy (non-hydrogen) atoms. The Hall–Kier alpha value is -1.40. The molecule has 0 radical (unpaired) electrons. The van der Waals surface area contributed by atoms with Crippen molar-refractivity contribution >= 4 is 24.5 Å². The number of benzene rings is 1. The van der Waals surface area contributed by atoms with Gasteiger partial charge in [-0.2, -0.15) is 0 Å². The van der Waals surface area contributed by atoms with Crippen molar-refractivity contribution in [2.75, 3.05) is 30.5 Å². The molecule has 0 aliphatic carbocycles. The summed E-state index contributed by atoms with van der Waals surface area (Å²) in [5.74, 6) is 0.786. The summed E-state index contributed by atoms with van der Waals surface area (Å²) in [4.78, 5) is 13.3. The lowest BCUT2D eigenvalue weighted by molar-refractivity contribution is 0.238. The molecule has 6 heteroatoms. The van der Waals surface area contributed by atoms with E-state index in [2.05, 4.69) is 17.7 Å². The van der Waals surface area contributed by atoms with Crippen molar-refractivity contribution in [1.29, 1.82) is 0 Å². The second-order valence-corrected chi connectivity index (χ2v) is 4.94. The van der Waals surface area contributed by atoms with E-state index in [-0.39, 0.29) is 0 Å². The molecule has 104 valence electrons. The lowest BCUT2D eigenvalue weighted by Gasteiger charge is -2.16. The van der Waals surface area contributed by atoms with E-state index in [1.807, 2.05) is 12.1 Å². The molecule has 1 saturated heterocycles. The van der Waals surface area contributed by atoms with E-state index in [9.17, 15) is 4.79 Å². The third-order valence-corrected chi connectivity index (χ3v) is 3.59. The van der Waals surface area contributed by atoms with Crippen LogP contribution in [0.1, 0.15) is 12.8 Å². The molecule has 0 aromatic heterocycles. The van der Waals surface area contributed by atoms with Crippen LogP contribution < -0.4 is 14.8 Å². The van der Waals surface area contributed by atoms with Crippen LogP contribution >= 0.6 is 12.8 Å². The molecule has 0 bridgehead atoms. The number of carbonyl (C=O) groups excluding carboxylic acids is 1. The Kier molecular flexibility index (Phi) is 4.93. The number of rotatable bonds is 5. The Morgan fingerprint density at radius 3 is 2.53 bits per heavy atom. The minimum Gasteiger partial charge on any atom is -0.492 e. The van der Waals surface area contributed by atoms with Crippen molar-refractivity contribution in [1.82, 2.24) is 4.90 Å². The van der Waals surface area contributed by atoms with Crippen molar-refractivity contribution in [3.05, 3.63) is 24.3 Å². The minimum atomic E-state index is -0.606. The van der Waals surface area contributed by atoms with Crippen LogP contribution in [0.4, 0.5) is 10.5 Å². The van der Waals surface area contributed by atoms with Crippen molar-refractivity contribution in [3.63, 3.8) is 0 Å². The first kappa shape index (κ1) is 14.0. The van der Waals surface area contributed by atoms with Gasteiger partial charge in [-0.1, -0.05) is 12.8 Å². The number of ether oxygens (including phenoxy) is 1. The molecule has 1 aromatic carbocycles. The summed E-state index contributed by atoms with van der Waals surface area (Å²) < 4.78 is 6.75. The molecule has 2 amide bonds. The number of amides is 2.